The van der Waals surface area contributed by atoms with Crippen LogP contribution >= 0.6 is 0 Å². The lowest BCUT2D eigenvalue weighted by Crippen LogP contribution is -2.08. The first-order valence-electron chi connectivity index (χ1n) is 4.98. The predicted molar refractivity (Wildman–Crippen MR) is 60.0 cm³/mol. The van der Waals surface area contributed by atoms with Gasteiger partial charge in [-0.05, 0) is 18.1 Å². The van der Waals surface area contributed by atoms with Crippen LogP contribution in [-0.2, 0) is 0 Å². The van der Waals surface area contributed by atoms with Gasteiger partial charge in [0.25, 0.3) is 0 Å². The van der Waals surface area contributed by atoms with Crippen LogP contribution < -0.4 is 0 Å². The number of terminal acetylenes is 1. The SMILES string of the molecule is C#CCC(c1cc(C#N)ccn1)C(C)C. The third-order valence-corrected chi connectivity index (χ3v) is 2.43. The van der Waals surface area contributed by atoms with Crippen LogP contribution in [0.3, 0.4) is 0 Å². The number of rotatable bonds is 3. The van der Waals surface area contributed by atoms with Crippen LogP contribution in [0.15, 0.2) is 18.3 Å². The molecule has 76 valence electrons. The number of hydrogen-bond donors (Lipinski definition) is 0. The first-order valence-corrected chi connectivity index (χ1v) is 4.98. The minimum absolute atomic E-state index is 0.239. The molecule has 2 nitrogen and oxygen atoms in total. The van der Waals surface area contributed by atoms with Crippen molar-refractivity contribution in [3.63, 3.8) is 0 Å². The zero-order valence-corrected chi connectivity index (χ0v) is 9.07. The van der Waals surface area contributed by atoms with Crippen LogP contribution in [0.1, 0.15) is 37.4 Å². The van der Waals surface area contributed by atoms with Crippen molar-refractivity contribution in [1.29, 1.82) is 5.26 Å². The maximum absolute atomic E-state index is 8.79. The summed E-state index contributed by atoms with van der Waals surface area (Å²) in [6.07, 6.45) is 7.66. The lowest BCUT2D eigenvalue weighted by molar-refractivity contribution is 0.497. The van der Waals surface area contributed by atoms with E-state index in [9.17, 15) is 0 Å². The van der Waals surface area contributed by atoms with Crippen LogP contribution in [0.4, 0.5) is 0 Å². The molecule has 1 unspecified atom stereocenters. The quantitative estimate of drug-likeness (QED) is 0.700. The van der Waals surface area contributed by atoms with Crippen LogP contribution in [-0.4, -0.2) is 4.98 Å². The molecule has 0 fully saturated rings. The van der Waals surface area contributed by atoms with E-state index in [1.54, 1.807) is 12.3 Å². The number of aromatic nitrogens is 1. The molecule has 0 aromatic carbocycles. The number of nitriles is 1. The topological polar surface area (TPSA) is 36.7 Å². The molecule has 0 aliphatic heterocycles. The fourth-order valence-electron chi connectivity index (χ4n) is 1.53. The van der Waals surface area contributed by atoms with Crippen molar-refractivity contribution in [2.24, 2.45) is 5.92 Å². The van der Waals surface area contributed by atoms with Gasteiger partial charge in [0.2, 0.25) is 0 Å². The second-order valence-corrected chi connectivity index (χ2v) is 3.84. The third-order valence-electron chi connectivity index (χ3n) is 2.43. The van der Waals surface area contributed by atoms with Crippen LogP contribution in [0, 0.1) is 29.6 Å². The molecule has 1 atom stereocenters. The van der Waals surface area contributed by atoms with Crippen molar-refractivity contribution >= 4 is 0 Å². The highest BCUT2D eigenvalue weighted by Crippen LogP contribution is 2.26. The summed E-state index contributed by atoms with van der Waals surface area (Å²) in [7, 11) is 0. The largest absolute Gasteiger partial charge is 0.261 e. The monoisotopic (exact) mass is 198 g/mol. The highest BCUT2D eigenvalue weighted by atomic mass is 14.7. The Morgan fingerprint density at radius 1 is 1.53 bits per heavy atom. The van der Waals surface area contributed by atoms with Gasteiger partial charge in [-0.15, -0.1) is 12.3 Å². The standard InChI is InChI=1S/C13H14N2/c1-4-5-12(10(2)3)13-8-11(9-14)6-7-15-13/h1,6-8,10,12H,5H2,2-3H3. The molecule has 1 rings (SSSR count). The third kappa shape index (κ3) is 2.82. The minimum atomic E-state index is 0.239. The molecule has 0 bridgehead atoms. The van der Waals surface area contributed by atoms with Crippen molar-refractivity contribution in [3.8, 4) is 18.4 Å². The van der Waals surface area contributed by atoms with Crippen molar-refractivity contribution in [1.82, 2.24) is 4.98 Å². The normalized spacial score (nSPS) is 11.8. The minimum Gasteiger partial charge on any atom is -0.261 e. The molecule has 15 heavy (non-hydrogen) atoms. The molecular weight excluding hydrogens is 184 g/mol. The van der Waals surface area contributed by atoms with Gasteiger partial charge in [0.05, 0.1) is 11.6 Å². The Balaban J connectivity index is 3.02. The van der Waals surface area contributed by atoms with E-state index < -0.39 is 0 Å². The summed E-state index contributed by atoms with van der Waals surface area (Å²) in [6, 6.07) is 5.64. The molecule has 0 saturated heterocycles. The molecule has 2 heteroatoms. The molecule has 0 radical (unpaired) electrons. The molecule has 1 heterocycles. The van der Waals surface area contributed by atoms with E-state index in [1.807, 2.05) is 6.07 Å². The first-order chi connectivity index (χ1) is 7.19. The van der Waals surface area contributed by atoms with Crippen molar-refractivity contribution in [3.05, 3.63) is 29.6 Å². The van der Waals surface area contributed by atoms with Crippen molar-refractivity contribution in [2.75, 3.05) is 0 Å². The summed E-state index contributed by atoms with van der Waals surface area (Å²) >= 11 is 0. The molecule has 0 saturated carbocycles. The van der Waals surface area contributed by atoms with Gasteiger partial charge in [0, 0.05) is 24.2 Å². The lowest BCUT2D eigenvalue weighted by atomic mass is 9.89. The van der Waals surface area contributed by atoms with Crippen LogP contribution in [0.5, 0.6) is 0 Å². The second-order valence-electron chi connectivity index (χ2n) is 3.84. The highest BCUT2D eigenvalue weighted by molar-refractivity contribution is 5.30. The van der Waals surface area contributed by atoms with E-state index in [0.717, 1.165) is 5.69 Å². The van der Waals surface area contributed by atoms with E-state index in [0.29, 0.717) is 17.9 Å². The maximum atomic E-state index is 8.79. The van der Waals surface area contributed by atoms with E-state index in [1.165, 1.54) is 0 Å². The van der Waals surface area contributed by atoms with E-state index in [4.69, 9.17) is 11.7 Å². The Morgan fingerprint density at radius 2 is 2.27 bits per heavy atom. The first kappa shape index (κ1) is 11.3. The Bertz CT molecular complexity index is 407. The predicted octanol–water partition coefficient (Wildman–Crippen LogP) is 2.72. The molecule has 0 spiro atoms. The zero-order valence-electron chi connectivity index (χ0n) is 9.07. The van der Waals surface area contributed by atoms with Gasteiger partial charge < -0.3 is 0 Å². The Labute approximate surface area is 91.0 Å². The molecule has 1 aromatic rings. The second kappa shape index (κ2) is 5.17. The van der Waals surface area contributed by atoms with Crippen LogP contribution in [0.2, 0.25) is 0 Å². The van der Waals surface area contributed by atoms with E-state index in [2.05, 4.69) is 30.8 Å². The van der Waals surface area contributed by atoms with E-state index in [-0.39, 0.29) is 5.92 Å². The smallest absolute Gasteiger partial charge is 0.0992 e. The number of nitrogens with zero attached hydrogens (tertiary/aromatic N) is 2. The van der Waals surface area contributed by atoms with E-state index >= 15 is 0 Å². The summed E-state index contributed by atoms with van der Waals surface area (Å²) in [5.74, 6) is 3.33. The zero-order chi connectivity index (χ0) is 11.3. The summed E-state index contributed by atoms with van der Waals surface area (Å²) in [4.78, 5) is 4.28. The van der Waals surface area contributed by atoms with Gasteiger partial charge in [0.15, 0.2) is 0 Å². The Morgan fingerprint density at radius 3 is 2.80 bits per heavy atom. The Kier molecular flexibility index (Phi) is 3.89. The van der Waals surface area contributed by atoms with Crippen molar-refractivity contribution < 1.29 is 0 Å². The number of pyridine rings is 1. The molecule has 0 amide bonds. The fraction of sp³-hybridized carbons (Fsp3) is 0.385. The lowest BCUT2D eigenvalue weighted by Gasteiger charge is -2.17. The summed E-state index contributed by atoms with van der Waals surface area (Å²) < 4.78 is 0. The molecular formula is C13H14N2. The summed E-state index contributed by atoms with van der Waals surface area (Å²) in [5.41, 5.74) is 1.56. The van der Waals surface area contributed by atoms with Gasteiger partial charge in [-0.3, -0.25) is 4.98 Å². The van der Waals surface area contributed by atoms with Crippen molar-refractivity contribution in [2.45, 2.75) is 26.2 Å². The summed E-state index contributed by atoms with van der Waals surface area (Å²) in [5, 5.41) is 8.79. The molecule has 1 aromatic heterocycles. The van der Waals surface area contributed by atoms with Gasteiger partial charge in [-0.2, -0.15) is 5.26 Å². The molecule has 0 aliphatic rings. The van der Waals surface area contributed by atoms with Crippen LogP contribution in [0.25, 0.3) is 0 Å². The van der Waals surface area contributed by atoms with Gasteiger partial charge in [-0.25, -0.2) is 0 Å². The average molecular weight is 198 g/mol. The van der Waals surface area contributed by atoms with Gasteiger partial charge in [-0.1, -0.05) is 13.8 Å². The average Bonchev–Trinajstić information content (AvgIpc) is 2.25. The number of hydrogen-bond acceptors (Lipinski definition) is 2. The Hall–Kier alpha value is -1.80. The van der Waals surface area contributed by atoms with Gasteiger partial charge >= 0.3 is 0 Å². The summed E-state index contributed by atoms with van der Waals surface area (Å²) in [6.45, 7) is 4.23. The molecule has 0 aliphatic carbocycles. The molecule has 0 N–H and O–H groups in total. The fourth-order valence-corrected chi connectivity index (χ4v) is 1.53. The van der Waals surface area contributed by atoms with Gasteiger partial charge in [0.1, 0.15) is 0 Å². The maximum Gasteiger partial charge on any atom is 0.0992 e. The highest BCUT2D eigenvalue weighted by Gasteiger charge is 2.16.